The van der Waals surface area contributed by atoms with E-state index in [1.807, 2.05) is 12.3 Å². The summed E-state index contributed by atoms with van der Waals surface area (Å²) in [5.41, 5.74) is 0. The summed E-state index contributed by atoms with van der Waals surface area (Å²) in [6.07, 6.45) is 6.19. The molecule has 0 unspecified atom stereocenters. The molecule has 1 aliphatic heterocycles. The molecule has 88 valence electrons. The fourth-order valence-corrected chi connectivity index (χ4v) is 2.12. The minimum absolute atomic E-state index is 0.612. The van der Waals surface area contributed by atoms with Crippen LogP contribution in [-0.2, 0) is 0 Å². The Labute approximate surface area is 100 Å². The zero-order valence-electron chi connectivity index (χ0n) is 9.48. The summed E-state index contributed by atoms with van der Waals surface area (Å²) < 4.78 is 5.68. The Morgan fingerprint density at radius 1 is 1.62 bits per heavy atom. The van der Waals surface area contributed by atoms with Crippen molar-refractivity contribution in [3.63, 3.8) is 0 Å². The lowest BCUT2D eigenvalue weighted by molar-refractivity contribution is 0.210. The summed E-state index contributed by atoms with van der Waals surface area (Å²) in [7, 11) is 0. The Bertz CT molecular complexity index is 329. The molecule has 4 nitrogen and oxygen atoms in total. The zero-order valence-corrected chi connectivity index (χ0v) is 10.3. The van der Waals surface area contributed by atoms with Gasteiger partial charge in [-0.25, -0.2) is 4.98 Å². The molecule has 1 atom stereocenters. The number of hydrogen-bond donors (Lipinski definition) is 1. The molecule has 0 aliphatic carbocycles. The highest BCUT2D eigenvalue weighted by Gasteiger charge is 2.13. The first-order valence-electron chi connectivity index (χ1n) is 5.59. The van der Waals surface area contributed by atoms with Crippen LogP contribution in [0.3, 0.4) is 0 Å². The Hall–Kier alpha value is -0.810. The van der Waals surface area contributed by atoms with Crippen LogP contribution < -0.4 is 10.1 Å². The van der Waals surface area contributed by atoms with Gasteiger partial charge in [-0.15, -0.1) is 0 Å². The summed E-state index contributed by atoms with van der Waals surface area (Å²) >= 11 is 1.53. The van der Waals surface area contributed by atoms with Gasteiger partial charge in [0, 0.05) is 24.7 Å². The first kappa shape index (κ1) is 11.7. The van der Waals surface area contributed by atoms with Gasteiger partial charge in [-0.05, 0) is 25.6 Å². The average molecular weight is 239 g/mol. The predicted octanol–water partition coefficient (Wildman–Crippen LogP) is 1.58. The van der Waals surface area contributed by atoms with Crippen LogP contribution >= 0.6 is 11.8 Å². The molecule has 0 aromatic carbocycles. The molecule has 1 saturated heterocycles. The molecule has 0 bridgehead atoms. The molecule has 16 heavy (non-hydrogen) atoms. The molecule has 2 heterocycles. The zero-order chi connectivity index (χ0) is 11.2. The smallest absolute Gasteiger partial charge is 0.217 e. The van der Waals surface area contributed by atoms with Crippen LogP contribution in [0.2, 0.25) is 0 Å². The Balaban J connectivity index is 1.83. The highest BCUT2D eigenvalue weighted by Crippen LogP contribution is 2.15. The molecule has 2 rings (SSSR count). The number of piperidine rings is 1. The van der Waals surface area contributed by atoms with Crippen molar-refractivity contribution in [3.8, 4) is 5.88 Å². The van der Waals surface area contributed by atoms with Gasteiger partial charge in [0.1, 0.15) is 0 Å². The summed E-state index contributed by atoms with van der Waals surface area (Å²) in [4.78, 5) is 8.40. The average Bonchev–Trinajstić information content (AvgIpc) is 2.38. The van der Waals surface area contributed by atoms with Crippen LogP contribution in [-0.4, -0.2) is 35.9 Å². The van der Waals surface area contributed by atoms with E-state index in [0.29, 0.717) is 11.8 Å². The number of hydrogen-bond acceptors (Lipinski definition) is 5. The molecule has 0 amide bonds. The molecule has 0 spiro atoms. The number of aromatic nitrogens is 2. The fourth-order valence-electron chi connectivity index (χ4n) is 1.77. The van der Waals surface area contributed by atoms with E-state index < -0.39 is 0 Å². The number of thioether (sulfide) groups is 1. The van der Waals surface area contributed by atoms with Gasteiger partial charge in [-0.1, -0.05) is 11.8 Å². The van der Waals surface area contributed by atoms with E-state index in [0.717, 1.165) is 24.9 Å². The topological polar surface area (TPSA) is 47.0 Å². The van der Waals surface area contributed by atoms with Gasteiger partial charge in [0.05, 0.1) is 6.61 Å². The van der Waals surface area contributed by atoms with Gasteiger partial charge in [0.15, 0.2) is 5.16 Å². The van der Waals surface area contributed by atoms with E-state index in [2.05, 4.69) is 15.3 Å². The van der Waals surface area contributed by atoms with Crippen LogP contribution in [0.1, 0.15) is 12.8 Å². The number of ether oxygens (including phenoxy) is 1. The second kappa shape index (κ2) is 6.06. The monoisotopic (exact) mass is 239 g/mol. The van der Waals surface area contributed by atoms with E-state index in [-0.39, 0.29) is 0 Å². The van der Waals surface area contributed by atoms with Crippen molar-refractivity contribution in [3.05, 3.63) is 12.3 Å². The molecule has 0 radical (unpaired) electrons. The minimum atomic E-state index is 0.612. The molecule has 1 aromatic heterocycles. The molecule has 0 saturated carbocycles. The highest BCUT2D eigenvalue weighted by molar-refractivity contribution is 7.98. The second-order valence-electron chi connectivity index (χ2n) is 3.90. The van der Waals surface area contributed by atoms with Crippen LogP contribution in [0.25, 0.3) is 0 Å². The van der Waals surface area contributed by atoms with E-state index in [4.69, 9.17) is 4.74 Å². The summed E-state index contributed by atoms with van der Waals surface area (Å²) in [5.74, 6) is 1.30. The van der Waals surface area contributed by atoms with Gasteiger partial charge >= 0.3 is 0 Å². The van der Waals surface area contributed by atoms with Gasteiger partial charge in [0.2, 0.25) is 5.88 Å². The van der Waals surface area contributed by atoms with Gasteiger partial charge in [-0.2, -0.15) is 4.98 Å². The second-order valence-corrected chi connectivity index (χ2v) is 4.68. The Morgan fingerprint density at radius 3 is 3.31 bits per heavy atom. The van der Waals surface area contributed by atoms with Crippen molar-refractivity contribution >= 4 is 11.8 Å². The van der Waals surface area contributed by atoms with Crippen molar-refractivity contribution < 1.29 is 4.74 Å². The van der Waals surface area contributed by atoms with E-state index >= 15 is 0 Å². The largest absolute Gasteiger partial charge is 0.477 e. The SMILES string of the molecule is CSc1nccc(OC[C@@H]2CCCNC2)n1. The standard InChI is InChI=1S/C11H17N3OS/c1-16-11-13-6-4-10(14-11)15-8-9-3-2-5-12-7-9/h4,6,9,12H,2-3,5,7-8H2,1H3/t9-/m1/s1. The number of rotatable bonds is 4. The first-order chi connectivity index (χ1) is 7.88. The Kier molecular flexibility index (Phi) is 4.42. The van der Waals surface area contributed by atoms with Crippen molar-refractivity contribution in [2.24, 2.45) is 5.92 Å². The third kappa shape index (κ3) is 3.35. The molecular formula is C11H17N3OS. The third-order valence-corrected chi connectivity index (χ3v) is 3.22. The van der Waals surface area contributed by atoms with Crippen molar-refractivity contribution in [2.45, 2.75) is 18.0 Å². The minimum Gasteiger partial charge on any atom is -0.477 e. The molecular weight excluding hydrogens is 222 g/mol. The van der Waals surface area contributed by atoms with E-state index in [1.165, 1.54) is 24.6 Å². The molecule has 1 N–H and O–H groups in total. The van der Waals surface area contributed by atoms with Crippen molar-refractivity contribution in [1.29, 1.82) is 0 Å². The first-order valence-corrected chi connectivity index (χ1v) is 6.81. The summed E-state index contributed by atoms with van der Waals surface area (Å²) in [6, 6.07) is 1.82. The number of nitrogens with one attached hydrogen (secondary N) is 1. The van der Waals surface area contributed by atoms with Crippen LogP contribution in [0, 0.1) is 5.92 Å². The molecule has 1 aromatic rings. The van der Waals surface area contributed by atoms with Crippen LogP contribution in [0.4, 0.5) is 0 Å². The molecule has 1 aliphatic rings. The highest BCUT2D eigenvalue weighted by atomic mass is 32.2. The Morgan fingerprint density at radius 2 is 2.56 bits per heavy atom. The lowest BCUT2D eigenvalue weighted by Gasteiger charge is -2.22. The van der Waals surface area contributed by atoms with Crippen LogP contribution in [0.15, 0.2) is 17.4 Å². The molecule has 5 heteroatoms. The fraction of sp³-hybridized carbons (Fsp3) is 0.636. The predicted molar refractivity (Wildman–Crippen MR) is 64.9 cm³/mol. The quantitative estimate of drug-likeness (QED) is 0.638. The maximum absolute atomic E-state index is 5.68. The van der Waals surface area contributed by atoms with Gasteiger partial charge < -0.3 is 10.1 Å². The summed E-state index contributed by atoms with van der Waals surface area (Å²) in [6.45, 7) is 2.94. The lowest BCUT2D eigenvalue weighted by atomic mass is 10.0. The van der Waals surface area contributed by atoms with Crippen molar-refractivity contribution in [1.82, 2.24) is 15.3 Å². The summed E-state index contributed by atoms with van der Waals surface area (Å²) in [5, 5.41) is 4.14. The van der Waals surface area contributed by atoms with Crippen molar-refractivity contribution in [2.75, 3.05) is 26.0 Å². The van der Waals surface area contributed by atoms with Gasteiger partial charge in [0.25, 0.3) is 0 Å². The molecule has 1 fully saturated rings. The maximum atomic E-state index is 5.68. The van der Waals surface area contributed by atoms with Gasteiger partial charge in [-0.3, -0.25) is 0 Å². The third-order valence-electron chi connectivity index (χ3n) is 2.66. The number of nitrogens with zero attached hydrogens (tertiary/aromatic N) is 2. The van der Waals surface area contributed by atoms with E-state index in [1.54, 1.807) is 6.20 Å². The van der Waals surface area contributed by atoms with Crippen LogP contribution in [0.5, 0.6) is 5.88 Å². The lowest BCUT2D eigenvalue weighted by Crippen LogP contribution is -2.33. The van der Waals surface area contributed by atoms with E-state index in [9.17, 15) is 0 Å². The normalized spacial score (nSPS) is 20.7. The maximum Gasteiger partial charge on any atom is 0.217 e.